The Bertz CT molecular complexity index is 319. The summed E-state index contributed by atoms with van der Waals surface area (Å²) >= 11 is 0. The maximum absolute atomic E-state index is 12.8. The van der Waals surface area contributed by atoms with Crippen molar-refractivity contribution >= 4 is 18.3 Å². The third-order valence-corrected chi connectivity index (χ3v) is 5.41. The van der Waals surface area contributed by atoms with Gasteiger partial charge in [0.25, 0.3) is 0 Å². The van der Waals surface area contributed by atoms with E-state index in [1.165, 1.54) is 38.5 Å². The summed E-state index contributed by atoms with van der Waals surface area (Å²) in [6, 6.07) is 0.542. The average molecular weight is 273 g/mol. The normalized spacial score (nSPS) is 35.3. The largest absolute Gasteiger partial charge is 0.342 e. The second kappa shape index (κ2) is 5.38. The van der Waals surface area contributed by atoms with Crippen molar-refractivity contribution in [3.63, 3.8) is 0 Å². The first-order valence-electron chi connectivity index (χ1n) is 7.22. The highest BCUT2D eigenvalue weighted by atomic mass is 35.5. The molecule has 1 amide bonds. The number of nitrogens with zero attached hydrogens (tertiary/aromatic N) is 1. The van der Waals surface area contributed by atoms with Gasteiger partial charge in [-0.3, -0.25) is 4.79 Å². The molecule has 0 radical (unpaired) electrons. The average Bonchev–Trinajstić information content (AvgIpc) is 2.70. The Labute approximate surface area is 116 Å². The minimum atomic E-state index is -0.0391. The summed E-state index contributed by atoms with van der Waals surface area (Å²) in [4.78, 5) is 14.9. The first-order valence-corrected chi connectivity index (χ1v) is 7.22. The van der Waals surface area contributed by atoms with Crippen LogP contribution in [0.25, 0.3) is 0 Å². The van der Waals surface area contributed by atoms with Gasteiger partial charge in [-0.1, -0.05) is 12.8 Å². The van der Waals surface area contributed by atoms with Crippen molar-refractivity contribution in [2.45, 2.75) is 51.0 Å². The number of hydrogen-bond acceptors (Lipinski definition) is 2. The molecule has 4 heteroatoms. The highest BCUT2D eigenvalue weighted by Crippen LogP contribution is 2.45. The van der Waals surface area contributed by atoms with Crippen molar-refractivity contribution in [2.24, 2.45) is 11.3 Å². The number of halogens is 1. The monoisotopic (exact) mass is 272 g/mol. The fourth-order valence-electron chi connectivity index (χ4n) is 3.96. The lowest BCUT2D eigenvalue weighted by molar-refractivity contribution is -0.147. The maximum atomic E-state index is 12.8. The van der Waals surface area contributed by atoms with E-state index in [0.29, 0.717) is 17.9 Å². The highest BCUT2D eigenvalue weighted by molar-refractivity contribution is 5.85. The molecule has 3 aliphatic rings. The minimum Gasteiger partial charge on any atom is -0.342 e. The van der Waals surface area contributed by atoms with Crippen LogP contribution in [0.4, 0.5) is 0 Å². The number of fused-ring (bicyclic) bond motifs is 1. The van der Waals surface area contributed by atoms with E-state index in [1.54, 1.807) is 0 Å². The molecule has 1 aliphatic heterocycles. The molecule has 2 aliphatic carbocycles. The van der Waals surface area contributed by atoms with Crippen molar-refractivity contribution < 1.29 is 4.79 Å². The molecule has 18 heavy (non-hydrogen) atoms. The number of hydrogen-bond donors (Lipinski definition) is 1. The van der Waals surface area contributed by atoms with Gasteiger partial charge in [0.15, 0.2) is 0 Å². The summed E-state index contributed by atoms with van der Waals surface area (Å²) in [7, 11) is 2.03. The van der Waals surface area contributed by atoms with Crippen LogP contribution in [0.2, 0.25) is 0 Å². The highest BCUT2D eigenvalue weighted by Gasteiger charge is 2.51. The molecule has 0 aromatic carbocycles. The van der Waals surface area contributed by atoms with Crippen molar-refractivity contribution in [3.8, 4) is 0 Å². The van der Waals surface area contributed by atoms with Crippen LogP contribution < -0.4 is 5.32 Å². The molecule has 2 saturated carbocycles. The second-order valence-corrected chi connectivity index (χ2v) is 6.23. The van der Waals surface area contributed by atoms with Crippen LogP contribution in [0.3, 0.4) is 0 Å². The Hall–Kier alpha value is -0.280. The predicted octanol–water partition coefficient (Wildman–Crippen LogP) is 2.20. The lowest BCUT2D eigenvalue weighted by Crippen LogP contribution is -2.52. The van der Waals surface area contributed by atoms with Gasteiger partial charge in [-0.05, 0) is 44.6 Å². The molecule has 3 rings (SSSR count). The first-order chi connectivity index (χ1) is 8.24. The molecule has 1 heterocycles. The van der Waals surface area contributed by atoms with Gasteiger partial charge in [0.05, 0.1) is 5.41 Å². The molecule has 104 valence electrons. The summed E-state index contributed by atoms with van der Waals surface area (Å²) in [5.41, 5.74) is -0.0391. The zero-order chi connectivity index (χ0) is 11.9. The van der Waals surface area contributed by atoms with Crippen LogP contribution in [0.1, 0.15) is 44.9 Å². The SMILES string of the molecule is CN(C(=O)[C@@]12CCCC[C@H]1CNC2)C1CCC1.Cl. The smallest absolute Gasteiger partial charge is 0.230 e. The van der Waals surface area contributed by atoms with E-state index < -0.39 is 0 Å². The Morgan fingerprint density at radius 1 is 1.22 bits per heavy atom. The summed E-state index contributed by atoms with van der Waals surface area (Å²) in [5, 5.41) is 3.47. The van der Waals surface area contributed by atoms with E-state index in [9.17, 15) is 4.79 Å². The van der Waals surface area contributed by atoms with Crippen molar-refractivity contribution in [1.82, 2.24) is 10.2 Å². The van der Waals surface area contributed by atoms with Crippen molar-refractivity contribution in [2.75, 3.05) is 20.1 Å². The van der Waals surface area contributed by atoms with E-state index in [-0.39, 0.29) is 17.8 Å². The molecular weight excluding hydrogens is 248 g/mol. The Morgan fingerprint density at radius 2 is 2.00 bits per heavy atom. The standard InChI is InChI=1S/C14H24N2O.ClH/c1-16(12-6-4-7-12)13(17)14-8-3-2-5-11(14)9-15-10-14;/h11-12,15H,2-10H2,1H3;1H/t11-,14+;/m0./s1. The van der Waals surface area contributed by atoms with Gasteiger partial charge < -0.3 is 10.2 Å². The summed E-state index contributed by atoms with van der Waals surface area (Å²) in [5.74, 6) is 1.04. The van der Waals surface area contributed by atoms with Gasteiger partial charge in [-0.15, -0.1) is 12.4 Å². The van der Waals surface area contributed by atoms with Gasteiger partial charge in [-0.2, -0.15) is 0 Å². The van der Waals surface area contributed by atoms with Crippen LogP contribution in [0.5, 0.6) is 0 Å². The third-order valence-electron chi connectivity index (χ3n) is 5.41. The zero-order valence-electron chi connectivity index (χ0n) is 11.3. The molecule has 3 nitrogen and oxygen atoms in total. The molecule has 2 atom stereocenters. The molecule has 0 aromatic heterocycles. The first kappa shape index (κ1) is 14.1. The quantitative estimate of drug-likeness (QED) is 0.836. The van der Waals surface area contributed by atoms with Gasteiger partial charge >= 0.3 is 0 Å². The summed E-state index contributed by atoms with van der Waals surface area (Å²) in [6.07, 6.45) is 8.65. The van der Waals surface area contributed by atoms with Gasteiger partial charge in [0, 0.05) is 19.6 Å². The fourth-order valence-corrected chi connectivity index (χ4v) is 3.96. The fraction of sp³-hybridized carbons (Fsp3) is 0.929. The van der Waals surface area contributed by atoms with E-state index in [2.05, 4.69) is 10.2 Å². The second-order valence-electron chi connectivity index (χ2n) is 6.23. The maximum Gasteiger partial charge on any atom is 0.230 e. The summed E-state index contributed by atoms with van der Waals surface area (Å²) < 4.78 is 0. The molecule has 0 spiro atoms. The number of rotatable bonds is 2. The minimum absolute atomic E-state index is 0. The molecule has 0 bridgehead atoms. The Balaban J connectivity index is 0.00000120. The molecule has 0 aromatic rings. The topological polar surface area (TPSA) is 32.3 Å². The zero-order valence-corrected chi connectivity index (χ0v) is 12.1. The number of carbonyl (C=O) groups is 1. The summed E-state index contributed by atoms with van der Waals surface area (Å²) in [6.45, 7) is 1.98. The molecule has 3 fully saturated rings. The predicted molar refractivity (Wildman–Crippen MR) is 74.9 cm³/mol. The Kier molecular flexibility index (Phi) is 4.22. The van der Waals surface area contributed by atoms with Gasteiger partial charge in [0.2, 0.25) is 5.91 Å². The van der Waals surface area contributed by atoms with E-state index in [4.69, 9.17) is 0 Å². The number of nitrogens with one attached hydrogen (secondary N) is 1. The third kappa shape index (κ3) is 2.05. The van der Waals surface area contributed by atoms with Gasteiger partial charge in [0.1, 0.15) is 0 Å². The number of carbonyl (C=O) groups excluding carboxylic acids is 1. The number of amides is 1. The molecule has 0 unspecified atom stereocenters. The van der Waals surface area contributed by atoms with Crippen LogP contribution in [-0.4, -0.2) is 37.0 Å². The van der Waals surface area contributed by atoms with Crippen LogP contribution in [0, 0.1) is 11.3 Å². The van der Waals surface area contributed by atoms with E-state index in [1.807, 2.05) is 7.05 Å². The van der Waals surface area contributed by atoms with E-state index >= 15 is 0 Å². The van der Waals surface area contributed by atoms with Crippen LogP contribution in [-0.2, 0) is 4.79 Å². The van der Waals surface area contributed by atoms with Crippen molar-refractivity contribution in [3.05, 3.63) is 0 Å². The van der Waals surface area contributed by atoms with Crippen molar-refractivity contribution in [1.29, 1.82) is 0 Å². The molecular formula is C14H25ClN2O. The molecule has 1 N–H and O–H groups in total. The van der Waals surface area contributed by atoms with E-state index in [0.717, 1.165) is 19.5 Å². The van der Waals surface area contributed by atoms with Crippen LogP contribution >= 0.6 is 12.4 Å². The lowest BCUT2D eigenvalue weighted by atomic mass is 9.67. The van der Waals surface area contributed by atoms with Gasteiger partial charge in [-0.25, -0.2) is 0 Å². The lowest BCUT2D eigenvalue weighted by Gasteiger charge is -2.44. The Morgan fingerprint density at radius 3 is 2.67 bits per heavy atom. The molecule has 1 saturated heterocycles. The van der Waals surface area contributed by atoms with Crippen LogP contribution in [0.15, 0.2) is 0 Å².